The summed E-state index contributed by atoms with van der Waals surface area (Å²) in [4.78, 5) is 25.0. The van der Waals surface area contributed by atoms with Crippen molar-refractivity contribution in [2.75, 3.05) is 6.54 Å². The summed E-state index contributed by atoms with van der Waals surface area (Å²) in [5.74, 6) is -0.0756. The van der Waals surface area contributed by atoms with Gasteiger partial charge in [-0.2, -0.15) is 0 Å². The van der Waals surface area contributed by atoms with Gasteiger partial charge < -0.3 is 4.57 Å². The van der Waals surface area contributed by atoms with Gasteiger partial charge in [0, 0.05) is 36.3 Å². The Labute approximate surface area is 154 Å². The van der Waals surface area contributed by atoms with Crippen molar-refractivity contribution in [3.8, 4) is 5.69 Å². The number of carbonyl (C=O) groups is 1. The summed E-state index contributed by atoms with van der Waals surface area (Å²) in [6.45, 7) is 2.62. The molecule has 6 nitrogen and oxygen atoms in total. The molecule has 0 unspecified atom stereocenters. The van der Waals surface area contributed by atoms with Gasteiger partial charge >= 0.3 is 0 Å². The molecule has 1 saturated heterocycles. The molecule has 0 N–H and O–H groups in total. The first-order valence-electron chi connectivity index (χ1n) is 7.69. The number of amides is 1. The number of non-ortho nitro benzene ring substituents is 1. The minimum Gasteiger partial charge on any atom is -0.317 e. The number of hydrogen-bond donors (Lipinski definition) is 0. The molecule has 0 saturated carbocycles. The molecule has 128 valence electrons. The lowest BCUT2D eigenvalue weighted by Gasteiger charge is -2.12. The number of nitro groups is 1. The molecule has 0 aliphatic carbocycles. The van der Waals surface area contributed by atoms with Gasteiger partial charge in [0.25, 0.3) is 11.6 Å². The van der Waals surface area contributed by atoms with E-state index in [1.165, 1.54) is 23.9 Å². The molecule has 1 aromatic heterocycles. The van der Waals surface area contributed by atoms with E-state index in [9.17, 15) is 14.9 Å². The number of hydrogen-bond acceptors (Lipinski definition) is 5. The van der Waals surface area contributed by atoms with Gasteiger partial charge in [-0.1, -0.05) is 30.9 Å². The van der Waals surface area contributed by atoms with Gasteiger partial charge in [0.2, 0.25) is 0 Å². The first kappa shape index (κ1) is 17.4. The van der Waals surface area contributed by atoms with Crippen molar-refractivity contribution in [2.24, 2.45) is 0 Å². The summed E-state index contributed by atoms with van der Waals surface area (Å²) >= 11 is 6.57. The van der Waals surface area contributed by atoms with Crippen LogP contribution in [0.5, 0.6) is 0 Å². The van der Waals surface area contributed by atoms with Crippen LogP contribution >= 0.6 is 24.0 Å². The van der Waals surface area contributed by atoms with Gasteiger partial charge in [0.1, 0.15) is 4.32 Å². The van der Waals surface area contributed by atoms with E-state index in [2.05, 4.69) is 0 Å². The number of nitro benzene ring substituents is 1. The molecule has 0 spiro atoms. The van der Waals surface area contributed by atoms with Gasteiger partial charge in [0.15, 0.2) is 0 Å². The van der Waals surface area contributed by atoms with Crippen LogP contribution in [0.3, 0.4) is 0 Å². The number of rotatable bonds is 5. The molecule has 2 heterocycles. The van der Waals surface area contributed by atoms with Crippen LogP contribution in [0.25, 0.3) is 11.8 Å². The van der Waals surface area contributed by atoms with Gasteiger partial charge in [-0.15, -0.1) is 0 Å². The third-order valence-electron chi connectivity index (χ3n) is 3.72. The van der Waals surface area contributed by atoms with Gasteiger partial charge in [-0.05, 0) is 36.8 Å². The van der Waals surface area contributed by atoms with Gasteiger partial charge in [-0.3, -0.25) is 19.8 Å². The number of thiocarbonyl (C=S) groups is 1. The highest BCUT2D eigenvalue weighted by atomic mass is 32.2. The minimum absolute atomic E-state index is 0.0397. The summed E-state index contributed by atoms with van der Waals surface area (Å²) in [5, 5.41) is 10.8. The molecule has 1 aliphatic heterocycles. The molecule has 0 atom stereocenters. The quantitative estimate of drug-likeness (QED) is 0.343. The van der Waals surface area contributed by atoms with Crippen LogP contribution in [-0.2, 0) is 4.79 Å². The van der Waals surface area contributed by atoms with E-state index in [-0.39, 0.29) is 11.6 Å². The third-order valence-corrected chi connectivity index (χ3v) is 5.10. The maximum atomic E-state index is 12.5. The minimum atomic E-state index is -0.431. The Morgan fingerprint density at radius 2 is 2.00 bits per heavy atom. The van der Waals surface area contributed by atoms with Crippen molar-refractivity contribution in [3.63, 3.8) is 0 Å². The van der Waals surface area contributed by atoms with E-state index in [4.69, 9.17) is 12.2 Å². The lowest BCUT2D eigenvalue weighted by atomic mass is 10.2. The largest absolute Gasteiger partial charge is 0.317 e. The molecule has 1 aliphatic rings. The lowest BCUT2D eigenvalue weighted by molar-refractivity contribution is -0.384. The third kappa shape index (κ3) is 3.49. The van der Waals surface area contributed by atoms with Crippen molar-refractivity contribution in [1.82, 2.24) is 9.47 Å². The van der Waals surface area contributed by atoms with Gasteiger partial charge in [-0.25, -0.2) is 0 Å². The SMILES string of the molecule is CCCN1C(=O)/C(=C\c2cccn2-c2ccc([N+](=O)[O-])cc2)SC1=S. The van der Waals surface area contributed by atoms with Crippen molar-refractivity contribution in [1.29, 1.82) is 0 Å². The first-order valence-corrected chi connectivity index (χ1v) is 8.91. The van der Waals surface area contributed by atoms with Crippen molar-refractivity contribution in [3.05, 3.63) is 63.3 Å². The van der Waals surface area contributed by atoms with Crippen LogP contribution in [0, 0.1) is 10.1 Å². The smallest absolute Gasteiger partial charge is 0.269 e. The van der Waals surface area contributed by atoms with Crippen molar-refractivity contribution in [2.45, 2.75) is 13.3 Å². The number of carbonyl (C=O) groups excluding carboxylic acids is 1. The Hall–Kier alpha value is -2.45. The summed E-state index contributed by atoms with van der Waals surface area (Å²) in [6.07, 6.45) is 4.50. The van der Waals surface area contributed by atoms with Crippen molar-refractivity contribution >= 4 is 46.0 Å². The summed E-state index contributed by atoms with van der Waals surface area (Å²) in [7, 11) is 0. The molecule has 2 aromatic rings. The molecule has 1 fully saturated rings. The fourth-order valence-corrected chi connectivity index (χ4v) is 3.83. The van der Waals surface area contributed by atoms with Gasteiger partial charge in [0.05, 0.1) is 9.83 Å². The topological polar surface area (TPSA) is 68.4 Å². The Morgan fingerprint density at radius 1 is 1.28 bits per heavy atom. The van der Waals surface area contributed by atoms with E-state index >= 15 is 0 Å². The van der Waals surface area contributed by atoms with Crippen LogP contribution in [0.4, 0.5) is 5.69 Å². The second-order valence-corrected chi connectivity index (χ2v) is 7.09. The van der Waals surface area contributed by atoms with E-state index in [1.807, 2.05) is 29.8 Å². The highest BCUT2D eigenvalue weighted by Gasteiger charge is 2.31. The average molecular weight is 373 g/mol. The van der Waals surface area contributed by atoms with E-state index in [0.29, 0.717) is 15.8 Å². The fourth-order valence-electron chi connectivity index (χ4n) is 2.53. The Balaban J connectivity index is 1.91. The standard InChI is InChI=1S/C17H15N3O3S2/c1-2-9-19-16(21)15(25-17(19)24)11-14-4-3-10-18(14)12-5-7-13(8-6-12)20(22)23/h3-8,10-11H,2,9H2,1H3/b15-11+. The summed E-state index contributed by atoms with van der Waals surface area (Å²) in [5.41, 5.74) is 1.63. The van der Waals surface area contributed by atoms with E-state index in [1.54, 1.807) is 23.1 Å². The maximum absolute atomic E-state index is 12.5. The molecule has 25 heavy (non-hydrogen) atoms. The normalized spacial score (nSPS) is 16.0. The molecule has 8 heteroatoms. The highest BCUT2D eigenvalue weighted by Crippen LogP contribution is 2.33. The van der Waals surface area contributed by atoms with Crippen LogP contribution in [0.2, 0.25) is 0 Å². The fraction of sp³-hybridized carbons (Fsp3) is 0.176. The zero-order valence-electron chi connectivity index (χ0n) is 13.4. The van der Waals surface area contributed by atoms with E-state index in [0.717, 1.165) is 17.8 Å². The van der Waals surface area contributed by atoms with E-state index < -0.39 is 4.92 Å². The van der Waals surface area contributed by atoms with Crippen molar-refractivity contribution < 1.29 is 9.72 Å². The average Bonchev–Trinajstić information content (AvgIpc) is 3.16. The molecule has 1 amide bonds. The second kappa shape index (κ2) is 7.20. The maximum Gasteiger partial charge on any atom is 0.269 e. The molecule has 3 rings (SSSR count). The Kier molecular flexibility index (Phi) is 5.00. The lowest BCUT2D eigenvalue weighted by Crippen LogP contribution is -2.28. The predicted molar refractivity (Wildman–Crippen MR) is 103 cm³/mol. The summed E-state index contributed by atoms with van der Waals surface area (Å²) < 4.78 is 2.45. The monoisotopic (exact) mass is 373 g/mol. The van der Waals surface area contributed by atoms with Crippen LogP contribution in [-0.4, -0.2) is 31.2 Å². The first-order chi connectivity index (χ1) is 12.0. The number of nitrogens with zero attached hydrogens (tertiary/aromatic N) is 3. The molecule has 0 bridgehead atoms. The Morgan fingerprint density at radius 3 is 2.64 bits per heavy atom. The highest BCUT2D eigenvalue weighted by molar-refractivity contribution is 8.26. The molecular formula is C17H15N3O3S2. The summed E-state index contributed by atoms with van der Waals surface area (Å²) in [6, 6.07) is 10.0. The van der Waals surface area contributed by atoms with Crippen LogP contribution < -0.4 is 0 Å². The molecular weight excluding hydrogens is 358 g/mol. The number of aromatic nitrogens is 1. The molecule has 1 aromatic carbocycles. The zero-order valence-corrected chi connectivity index (χ0v) is 15.0. The molecule has 0 radical (unpaired) electrons. The Bertz CT molecular complexity index is 872. The predicted octanol–water partition coefficient (Wildman–Crippen LogP) is 4.00. The second-order valence-electron chi connectivity index (χ2n) is 5.41. The van der Waals surface area contributed by atoms with Crippen LogP contribution in [0.15, 0.2) is 47.5 Å². The van der Waals surface area contributed by atoms with Crippen LogP contribution in [0.1, 0.15) is 19.0 Å². The number of benzene rings is 1. The zero-order chi connectivity index (χ0) is 18.0. The number of thioether (sulfide) groups is 1.